The number of anilines is 1. The number of nitrogens with zero attached hydrogens (tertiary/aromatic N) is 1. The highest BCUT2D eigenvalue weighted by Crippen LogP contribution is 2.33. The average molecular weight is 523 g/mol. The molecule has 0 saturated carbocycles. The van der Waals surface area contributed by atoms with E-state index in [9.17, 15) is 23.2 Å². The molecule has 1 aliphatic heterocycles. The summed E-state index contributed by atoms with van der Waals surface area (Å²) in [6, 6.07) is 7.99. The summed E-state index contributed by atoms with van der Waals surface area (Å²) in [5, 5.41) is 8.02. The van der Waals surface area contributed by atoms with Crippen LogP contribution in [0.3, 0.4) is 0 Å². The molecule has 4 atom stereocenters. The maximum absolute atomic E-state index is 14.3. The highest BCUT2D eigenvalue weighted by molar-refractivity contribution is 6.00. The van der Waals surface area contributed by atoms with Crippen LogP contribution in [0.15, 0.2) is 42.5 Å². The zero-order chi connectivity index (χ0) is 25.7. The fraction of sp³-hybridized carbons (Fsp3) is 0.423. The molecule has 0 aliphatic carbocycles. The summed E-state index contributed by atoms with van der Waals surface area (Å²) >= 11 is 0. The van der Waals surface area contributed by atoms with Crippen LogP contribution in [0.2, 0.25) is 0 Å². The number of likely N-dealkylation sites (N-methyl/N-ethyl adjacent to an activating group) is 1. The number of nitrogens with one attached hydrogen (secondary N) is 3. The van der Waals surface area contributed by atoms with Gasteiger partial charge in [0.1, 0.15) is 29.4 Å². The van der Waals surface area contributed by atoms with E-state index in [4.69, 9.17) is 0 Å². The summed E-state index contributed by atoms with van der Waals surface area (Å²) in [6.45, 7) is 5.67. The minimum Gasteiger partial charge on any atom is -0.343 e. The van der Waals surface area contributed by atoms with E-state index < -0.39 is 47.3 Å². The molecule has 0 fully saturated rings. The lowest BCUT2D eigenvalue weighted by atomic mass is 9.89. The predicted octanol–water partition coefficient (Wildman–Crippen LogP) is 3.59. The minimum absolute atomic E-state index is 0. The molecular formula is C26H33ClF2N4O3. The topological polar surface area (TPSA) is 90.5 Å². The van der Waals surface area contributed by atoms with Crippen molar-refractivity contribution in [3.05, 3.63) is 65.2 Å². The fourth-order valence-corrected chi connectivity index (χ4v) is 4.17. The first-order valence-electron chi connectivity index (χ1n) is 11.8. The van der Waals surface area contributed by atoms with Gasteiger partial charge in [-0.15, -0.1) is 12.4 Å². The molecule has 3 N–H and O–H groups in total. The zero-order valence-electron chi connectivity index (χ0n) is 20.8. The second-order valence-corrected chi connectivity index (χ2v) is 8.85. The molecule has 2 aromatic rings. The quantitative estimate of drug-likeness (QED) is 0.494. The van der Waals surface area contributed by atoms with Gasteiger partial charge < -0.3 is 20.9 Å². The van der Waals surface area contributed by atoms with Gasteiger partial charge in [-0.2, -0.15) is 0 Å². The molecule has 0 aromatic heterocycles. The normalized spacial score (nSPS) is 17.2. The van der Waals surface area contributed by atoms with Gasteiger partial charge in [-0.05, 0) is 49.6 Å². The largest absolute Gasteiger partial charge is 0.343 e. The number of benzene rings is 2. The molecule has 196 valence electrons. The third kappa shape index (κ3) is 6.20. The zero-order valence-corrected chi connectivity index (χ0v) is 21.6. The molecule has 0 radical (unpaired) electrons. The van der Waals surface area contributed by atoms with Gasteiger partial charge in [0.05, 0.1) is 6.04 Å². The number of para-hydroxylation sites is 1. The van der Waals surface area contributed by atoms with Gasteiger partial charge in [-0.25, -0.2) is 8.78 Å². The van der Waals surface area contributed by atoms with Gasteiger partial charge >= 0.3 is 0 Å². The van der Waals surface area contributed by atoms with Crippen LogP contribution in [-0.4, -0.2) is 48.3 Å². The third-order valence-electron chi connectivity index (χ3n) is 6.63. The van der Waals surface area contributed by atoms with Crippen LogP contribution in [0.25, 0.3) is 0 Å². The number of fused-ring (bicyclic) bond motifs is 1. The van der Waals surface area contributed by atoms with Gasteiger partial charge in [0, 0.05) is 6.54 Å². The van der Waals surface area contributed by atoms with E-state index in [0.717, 1.165) is 17.7 Å². The number of hydrogen-bond acceptors (Lipinski definition) is 4. The first-order chi connectivity index (χ1) is 16.7. The monoisotopic (exact) mass is 522 g/mol. The smallest absolute Gasteiger partial charge is 0.251 e. The number of carbonyl (C=O) groups is 3. The Labute approximate surface area is 216 Å². The highest BCUT2D eigenvalue weighted by atomic mass is 35.5. The molecule has 10 heteroatoms. The van der Waals surface area contributed by atoms with Crippen molar-refractivity contribution in [1.82, 2.24) is 15.5 Å². The SMILES string of the molecule is CC[C@H](C)[C@H](NC(=O)[C@H](C)NC)C(=O)N1CCc2ccccc2[C@H]1C(=O)Nc1c(F)cccc1F.Cl. The summed E-state index contributed by atoms with van der Waals surface area (Å²) in [6.07, 6.45) is 1.13. The Morgan fingerprint density at radius 1 is 1.06 bits per heavy atom. The van der Waals surface area contributed by atoms with Gasteiger partial charge in [-0.1, -0.05) is 50.6 Å². The molecule has 2 aromatic carbocycles. The number of carbonyl (C=O) groups excluding carboxylic acids is 3. The van der Waals surface area contributed by atoms with Gasteiger partial charge in [0.25, 0.3) is 5.91 Å². The van der Waals surface area contributed by atoms with Crippen molar-refractivity contribution < 1.29 is 23.2 Å². The van der Waals surface area contributed by atoms with Crippen molar-refractivity contribution in [2.75, 3.05) is 18.9 Å². The second-order valence-electron chi connectivity index (χ2n) is 8.85. The molecule has 3 amide bonds. The Kier molecular flexibility index (Phi) is 10.4. The van der Waals surface area contributed by atoms with E-state index in [1.165, 1.54) is 11.0 Å². The van der Waals surface area contributed by atoms with Gasteiger partial charge in [0.2, 0.25) is 11.8 Å². The first-order valence-corrected chi connectivity index (χ1v) is 11.8. The molecule has 0 bridgehead atoms. The van der Waals surface area contributed by atoms with E-state index in [1.807, 2.05) is 26.0 Å². The Hall–Kier alpha value is -3.04. The van der Waals surface area contributed by atoms with E-state index in [-0.39, 0.29) is 30.8 Å². The Morgan fingerprint density at radius 3 is 2.31 bits per heavy atom. The second kappa shape index (κ2) is 12.8. The van der Waals surface area contributed by atoms with E-state index >= 15 is 0 Å². The Morgan fingerprint density at radius 2 is 1.69 bits per heavy atom. The van der Waals surface area contributed by atoms with E-state index in [1.54, 1.807) is 26.1 Å². The van der Waals surface area contributed by atoms with Crippen molar-refractivity contribution in [1.29, 1.82) is 0 Å². The fourth-order valence-electron chi connectivity index (χ4n) is 4.17. The molecule has 1 heterocycles. The minimum atomic E-state index is -1.11. The molecular weight excluding hydrogens is 490 g/mol. The van der Waals surface area contributed by atoms with Crippen molar-refractivity contribution in [2.45, 2.75) is 51.7 Å². The van der Waals surface area contributed by atoms with Crippen molar-refractivity contribution >= 4 is 35.8 Å². The van der Waals surface area contributed by atoms with Crippen LogP contribution in [0, 0.1) is 17.6 Å². The van der Waals surface area contributed by atoms with Crippen LogP contribution in [0.4, 0.5) is 14.5 Å². The standard InChI is InChI=1S/C26H32F2N4O3.ClH/c1-5-15(2)21(30-24(33)16(3)29-4)26(35)32-14-13-17-9-6-7-10-18(17)23(32)25(34)31-22-19(27)11-8-12-20(22)28;/h6-12,15-16,21,23,29H,5,13-14H2,1-4H3,(H,30,33)(H,31,34);1H/t15-,16-,21-,23-;/m0./s1. The lowest BCUT2D eigenvalue weighted by Gasteiger charge is -2.39. The predicted molar refractivity (Wildman–Crippen MR) is 137 cm³/mol. The molecule has 1 aliphatic rings. The third-order valence-corrected chi connectivity index (χ3v) is 6.63. The average Bonchev–Trinajstić information content (AvgIpc) is 2.87. The molecule has 0 saturated heterocycles. The highest BCUT2D eigenvalue weighted by Gasteiger charge is 2.40. The number of rotatable bonds is 8. The summed E-state index contributed by atoms with van der Waals surface area (Å²) in [5.41, 5.74) is 0.889. The first kappa shape index (κ1) is 29.2. The maximum atomic E-state index is 14.3. The van der Waals surface area contributed by atoms with Crippen LogP contribution in [0.5, 0.6) is 0 Å². The summed E-state index contributed by atoms with van der Waals surface area (Å²) in [4.78, 5) is 41.3. The van der Waals surface area contributed by atoms with Gasteiger partial charge in [0.15, 0.2) is 0 Å². The summed E-state index contributed by atoms with van der Waals surface area (Å²) in [5.74, 6) is -3.51. The van der Waals surface area contributed by atoms with Crippen LogP contribution >= 0.6 is 12.4 Å². The number of halogens is 3. The Bertz CT molecular complexity index is 1080. The molecule has 3 rings (SSSR count). The molecule has 7 nitrogen and oxygen atoms in total. The molecule has 0 unspecified atom stereocenters. The maximum Gasteiger partial charge on any atom is 0.251 e. The van der Waals surface area contributed by atoms with Gasteiger partial charge in [-0.3, -0.25) is 14.4 Å². The van der Waals surface area contributed by atoms with Crippen LogP contribution in [-0.2, 0) is 20.8 Å². The summed E-state index contributed by atoms with van der Waals surface area (Å²) < 4.78 is 28.5. The molecule has 0 spiro atoms. The molecule has 36 heavy (non-hydrogen) atoms. The number of amides is 3. The van der Waals surface area contributed by atoms with E-state index in [2.05, 4.69) is 16.0 Å². The lowest BCUT2D eigenvalue weighted by molar-refractivity contribution is -0.144. The summed E-state index contributed by atoms with van der Waals surface area (Å²) in [7, 11) is 1.65. The lowest BCUT2D eigenvalue weighted by Crippen LogP contribution is -2.57. The number of hydrogen-bond donors (Lipinski definition) is 3. The van der Waals surface area contributed by atoms with E-state index in [0.29, 0.717) is 18.4 Å². The van der Waals surface area contributed by atoms with Crippen molar-refractivity contribution in [2.24, 2.45) is 5.92 Å². The van der Waals surface area contributed by atoms with Crippen LogP contribution < -0.4 is 16.0 Å². The van der Waals surface area contributed by atoms with Crippen molar-refractivity contribution in [3.63, 3.8) is 0 Å². The van der Waals surface area contributed by atoms with Crippen LogP contribution in [0.1, 0.15) is 44.4 Å². The van der Waals surface area contributed by atoms with Crippen molar-refractivity contribution in [3.8, 4) is 0 Å². The Balaban J connectivity index is 0.00000456.